The van der Waals surface area contributed by atoms with E-state index in [1.165, 1.54) is 0 Å². The molecule has 6 heteroatoms. The number of hydrogen-bond donors (Lipinski definition) is 1. The maximum Gasteiger partial charge on any atom is 0.275 e. The molecular weight excluding hydrogens is 340 g/mol. The summed E-state index contributed by atoms with van der Waals surface area (Å²) in [5.74, 6) is 1.11. The fraction of sp³-hybridized carbons (Fsp3) is 0.0952. The number of amides is 1. The average molecular weight is 358 g/mol. The van der Waals surface area contributed by atoms with E-state index in [2.05, 4.69) is 15.4 Å². The van der Waals surface area contributed by atoms with Gasteiger partial charge in [0.05, 0.1) is 25.4 Å². The molecule has 0 unspecified atom stereocenters. The number of nitrogens with one attached hydrogen (secondary N) is 1. The Bertz CT molecular complexity index is 1090. The summed E-state index contributed by atoms with van der Waals surface area (Å²) in [6.45, 7) is 0.578. The number of ether oxygens (including phenoxy) is 1. The second-order valence-electron chi connectivity index (χ2n) is 6.07. The molecule has 1 amide bonds. The number of methoxy groups -OCH3 is 1. The minimum atomic E-state index is -0.275. The molecule has 2 aromatic carbocycles. The lowest BCUT2D eigenvalue weighted by atomic mass is 10.2. The molecule has 0 aliphatic rings. The largest absolute Gasteiger partial charge is 0.497 e. The Balaban J connectivity index is 1.54. The molecule has 0 saturated heterocycles. The highest BCUT2D eigenvalue weighted by atomic mass is 16.5. The molecule has 0 fully saturated rings. The first kappa shape index (κ1) is 16.8. The van der Waals surface area contributed by atoms with Gasteiger partial charge in [0, 0.05) is 11.5 Å². The zero-order valence-electron chi connectivity index (χ0n) is 14.8. The van der Waals surface area contributed by atoms with Gasteiger partial charge >= 0.3 is 0 Å². The normalized spacial score (nSPS) is 10.7. The highest BCUT2D eigenvalue weighted by Gasteiger charge is 2.12. The zero-order chi connectivity index (χ0) is 18.6. The van der Waals surface area contributed by atoms with E-state index in [1.54, 1.807) is 30.1 Å². The van der Waals surface area contributed by atoms with Crippen LogP contribution in [0.5, 0.6) is 5.75 Å². The van der Waals surface area contributed by atoms with E-state index in [9.17, 15) is 4.79 Å². The van der Waals surface area contributed by atoms with Gasteiger partial charge < -0.3 is 10.1 Å². The van der Waals surface area contributed by atoms with Crippen LogP contribution < -0.4 is 10.1 Å². The number of rotatable bonds is 5. The van der Waals surface area contributed by atoms with Gasteiger partial charge in [-0.2, -0.15) is 5.10 Å². The zero-order valence-corrected chi connectivity index (χ0v) is 14.8. The Kier molecular flexibility index (Phi) is 4.53. The van der Waals surface area contributed by atoms with Crippen LogP contribution >= 0.6 is 0 Å². The molecule has 6 nitrogen and oxygen atoms in total. The summed E-state index contributed by atoms with van der Waals surface area (Å²) >= 11 is 0. The van der Waals surface area contributed by atoms with Crippen LogP contribution in [0.2, 0.25) is 0 Å². The molecule has 134 valence electrons. The Morgan fingerprint density at radius 1 is 1.07 bits per heavy atom. The monoisotopic (exact) mass is 358 g/mol. The summed E-state index contributed by atoms with van der Waals surface area (Å²) in [7, 11) is 1.62. The summed E-state index contributed by atoms with van der Waals surface area (Å²) in [6, 6.07) is 20.9. The standard InChI is InChI=1S/C21H18N4O2/c1-27-17-8-10-18-16(13-17)7-9-19(23-18)21(26)24-20-11-12-22-25(20)14-15-5-3-2-4-6-15/h2-13H,14H2,1H3,(H,24,26). The van der Waals surface area contributed by atoms with E-state index in [4.69, 9.17) is 4.74 Å². The van der Waals surface area contributed by atoms with Gasteiger partial charge in [0.15, 0.2) is 0 Å². The molecule has 0 bridgehead atoms. The molecule has 4 aromatic rings. The smallest absolute Gasteiger partial charge is 0.275 e. The van der Waals surface area contributed by atoms with Gasteiger partial charge in [0.25, 0.3) is 5.91 Å². The van der Waals surface area contributed by atoms with Gasteiger partial charge in [-0.25, -0.2) is 9.67 Å². The van der Waals surface area contributed by atoms with Crippen molar-refractivity contribution >= 4 is 22.6 Å². The van der Waals surface area contributed by atoms with Crippen LogP contribution in [0.1, 0.15) is 16.1 Å². The second kappa shape index (κ2) is 7.29. The van der Waals surface area contributed by atoms with Gasteiger partial charge in [-0.05, 0) is 29.8 Å². The van der Waals surface area contributed by atoms with Crippen LogP contribution in [0, 0.1) is 0 Å². The van der Waals surface area contributed by atoms with Crippen molar-refractivity contribution in [1.29, 1.82) is 0 Å². The topological polar surface area (TPSA) is 69.0 Å². The van der Waals surface area contributed by atoms with Gasteiger partial charge in [-0.1, -0.05) is 36.4 Å². The predicted octanol–water partition coefficient (Wildman–Crippen LogP) is 3.74. The summed E-state index contributed by atoms with van der Waals surface area (Å²) in [4.78, 5) is 17.1. The van der Waals surface area contributed by atoms with Crippen molar-refractivity contribution in [2.24, 2.45) is 0 Å². The highest BCUT2D eigenvalue weighted by molar-refractivity contribution is 6.03. The van der Waals surface area contributed by atoms with Crippen LogP contribution in [0.15, 0.2) is 72.9 Å². The first-order chi connectivity index (χ1) is 13.2. The molecule has 27 heavy (non-hydrogen) atoms. The Morgan fingerprint density at radius 3 is 2.74 bits per heavy atom. The SMILES string of the molecule is COc1ccc2nc(C(=O)Nc3ccnn3Cc3ccccc3)ccc2c1. The van der Waals surface area contributed by atoms with Crippen LogP contribution in [-0.4, -0.2) is 27.8 Å². The molecule has 0 saturated carbocycles. The van der Waals surface area contributed by atoms with E-state index < -0.39 is 0 Å². The summed E-state index contributed by atoms with van der Waals surface area (Å²) < 4.78 is 6.96. The third-order valence-electron chi connectivity index (χ3n) is 4.26. The van der Waals surface area contributed by atoms with Gasteiger partial charge in [-0.15, -0.1) is 0 Å². The van der Waals surface area contributed by atoms with E-state index in [0.717, 1.165) is 22.2 Å². The minimum absolute atomic E-state index is 0.275. The highest BCUT2D eigenvalue weighted by Crippen LogP contribution is 2.20. The van der Waals surface area contributed by atoms with E-state index in [0.29, 0.717) is 18.1 Å². The number of aromatic nitrogens is 3. The van der Waals surface area contributed by atoms with Crippen molar-refractivity contribution in [3.05, 3.63) is 84.2 Å². The Labute approximate surface area is 156 Å². The van der Waals surface area contributed by atoms with E-state index in [-0.39, 0.29) is 5.91 Å². The molecule has 0 radical (unpaired) electrons. The number of carbonyl (C=O) groups excluding carboxylic acids is 1. The van der Waals surface area contributed by atoms with Crippen LogP contribution in [0.25, 0.3) is 10.9 Å². The van der Waals surface area contributed by atoms with Crippen molar-refractivity contribution in [3.63, 3.8) is 0 Å². The number of hydrogen-bond acceptors (Lipinski definition) is 4. The van der Waals surface area contributed by atoms with Crippen molar-refractivity contribution in [1.82, 2.24) is 14.8 Å². The number of benzene rings is 2. The summed E-state index contributed by atoms with van der Waals surface area (Å²) in [5.41, 5.74) is 2.19. The summed E-state index contributed by atoms with van der Waals surface area (Å²) in [5, 5.41) is 8.10. The number of carbonyl (C=O) groups is 1. The third-order valence-corrected chi connectivity index (χ3v) is 4.26. The fourth-order valence-electron chi connectivity index (χ4n) is 2.86. The third kappa shape index (κ3) is 3.64. The van der Waals surface area contributed by atoms with E-state index in [1.807, 2.05) is 54.6 Å². The molecule has 1 N–H and O–H groups in total. The molecule has 4 rings (SSSR count). The fourth-order valence-corrected chi connectivity index (χ4v) is 2.86. The molecule has 2 heterocycles. The number of anilines is 1. The average Bonchev–Trinajstić information content (AvgIpc) is 3.14. The number of nitrogens with zero attached hydrogens (tertiary/aromatic N) is 3. The van der Waals surface area contributed by atoms with Crippen molar-refractivity contribution in [3.8, 4) is 5.75 Å². The molecule has 0 spiro atoms. The van der Waals surface area contributed by atoms with Gasteiger partial charge in [0.2, 0.25) is 0 Å². The molecule has 0 aliphatic heterocycles. The second-order valence-corrected chi connectivity index (χ2v) is 6.07. The van der Waals surface area contributed by atoms with Crippen LogP contribution in [0.3, 0.4) is 0 Å². The lowest BCUT2D eigenvalue weighted by Crippen LogP contribution is -2.17. The van der Waals surface area contributed by atoms with Crippen molar-refractivity contribution in [2.75, 3.05) is 12.4 Å². The maximum atomic E-state index is 12.6. The number of pyridine rings is 1. The molecule has 2 aromatic heterocycles. The first-order valence-electron chi connectivity index (χ1n) is 8.55. The number of fused-ring (bicyclic) bond motifs is 1. The summed E-state index contributed by atoms with van der Waals surface area (Å²) in [6.07, 6.45) is 1.67. The maximum absolute atomic E-state index is 12.6. The Hall–Kier alpha value is -3.67. The van der Waals surface area contributed by atoms with Crippen LogP contribution in [-0.2, 0) is 6.54 Å². The predicted molar refractivity (Wildman–Crippen MR) is 104 cm³/mol. The van der Waals surface area contributed by atoms with Gasteiger partial charge in [0.1, 0.15) is 17.3 Å². The lowest BCUT2D eigenvalue weighted by molar-refractivity contribution is 0.102. The van der Waals surface area contributed by atoms with Gasteiger partial charge in [-0.3, -0.25) is 4.79 Å². The van der Waals surface area contributed by atoms with Crippen LogP contribution in [0.4, 0.5) is 5.82 Å². The minimum Gasteiger partial charge on any atom is -0.497 e. The molecule has 0 aliphatic carbocycles. The molecule has 0 atom stereocenters. The van der Waals surface area contributed by atoms with Crippen molar-refractivity contribution < 1.29 is 9.53 Å². The lowest BCUT2D eigenvalue weighted by Gasteiger charge is -2.09. The first-order valence-corrected chi connectivity index (χ1v) is 8.55. The molecular formula is C21H18N4O2. The van der Waals surface area contributed by atoms with Crippen molar-refractivity contribution in [2.45, 2.75) is 6.54 Å². The Morgan fingerprint density at radius 2 is 1.93 bits per heavy atom. The van der Waals surface area contributed by atoms with E-state index >= 15 is 0 Å². The quantitative estimate of drug-likeness (QED) is 0.590.